The Morgan fingerprint density at radius 3 is 2.42 bits per heavy atom. The second kappa shape index (κ2) is 6.76. The van der Waals surface area contributed by atoms with Crippen molar-refractivity contribution in [2.75, 3.05) is 26.7 Å². The normalized spacial score (nSPS) is 24.1. The van der Waals surface area contributed by atoms with Crippen LogP contribution in [0, 0.1) is 0 Å². The molecule has 0 amide bonds. The predicted octanol–water partition coefficient (Wildman–Crippen LogP) is 2.92. The van der Waals surface area contributed by atoms with Crippen molar-refractivity contribution in [3.05, 3.63) is 11.8 Å². The third kappa shape index (κ3) is 2.82. The average Bonchev–Trinajstić information content (AvgIpc) is 2.92. The van der Waals surface area contributed by atoms with Gasteiger partial charge in [0.05, 0.1) is 12.6 Å². The van der Waals surface area contributed by atoms with Gasteiger partial charge in [-0.1, -0.05) is 26.7 Å². The van der Waals surface area contributed by atoms with E-state index >= 15 is 0 Å². The summed E-state index contributed by atoms with van der Waals surface area (Å²) in [5, 5.41) is 3.57. The lowest BCUT2D eigenvalue weighted by Crippen LogP contribution is -2.60. The second-order valence-electron chi connectivity index (χ2n) is 5.80. The minimum absolute atomic E-state index is 0.265. The maximum absolute atomic E-state index is 5.98. The molecule has 3 nitrogen and oxygen atoms in total. The van der Waals surface area contributed by atoms with Gasteiger partial charge in [-0.3, -0.25) is 4.90 Å². The maximum Gasteiger partial charge on any atom is 0.111 e. The van der Waals surface area contributed by atoms with Gasteiger partial charge in [-0.15, -0.1) is 0 Å². The average molecular weight is 266 g/mol. The standard InChI is InChI=1S/C16H30N2O/c1-4-18(5-2)16(11-7-8-12-16)15(17-3)14-10-6-9-13-19-14/h10,15,17H,4-9,11-13H2,1-3H3. The molecule has 110 valence electrons. The summed E-state index contributed by atoms with van der Waals surface area (Å²) in [6, 6.07) is 0.357. The molecule has 0 spiro atoms. The fourth-order valence-electron chi connectivity index (χ4n) is 4.08. The number of hydrogen-bond donors (Lipinski definition) is 1. The van der Waals surface area contributed by atoms with Crippen LogP contribution in [0.2, 0.25) is 0 Å². The quantitative estimate of drug-likeness (QED) is 0.800. The zero-order valence-corrected chi connectivity index (χ0v) is 12.9. The van der Waals surface area contributed by atoms with Gasteiger partial charge >= 0.3 is 0 Å². The number of rotatable bonds is 6. The second-order valence-corrected chi connectivity index (χ2v) is 5.80. The first-order valence-corrected chi connectivity index (χ1v) is 8.03. The molecule has 1 aliphatic heterocycles. The van der Waals surface area contributed by atoms with Crippen molar-refractivity contribution in [2.24, 2.45) is 0 Å². The van der Waals surface area contributed by atoms with Gasteiger partial charge in [0.1, 0.15) is 5.76 Å². The van der Waals surface area contributed by atoms with Crippen LogP contribution in [0.5, 0.6) is 0 Å². The van der Waals surface area contributed by atoms with Crippen molar-refractivity contribution in [3.8, 4) is 0 Å². The zero-order valence-electron chi connectivity index (χ0n) is 12.9. The highest BCUT2D eigenvalue weighted by Crippen LogP contribution is 2.41. The Labute approximate surface area is 118 Å². The van der Waals surface area contributed by atoms with Gasteiger partial charge in [0.25, 0.3) is 0 Å². The number of ether oxygens (including phenoxy) is 1. The van der Waals surface area contributed by atoms with Crippen LogP contribution in [0.1, 0.15) is 52.4 Å². The molecule has 1 aliphatic carbocycles. The van der Waals surface area contributed by atoms with Gasteiger partial charge < -0.3 is 10.1 Å². The molecular formula is C16H30N2O. The number of likely N-dealkylation sites (N-methyl/N-ethyl adjacent to an activating group) is 2. The van der Waals surface area contributed by atoms with E-state index in [1.807, 2.05) is 0 Å². The summed E-state index contributed by atoms with van der Waals surface area (Å²) >= 11 is 0. The molecule has 2 rings (SSSR count). The molecule has 1 saturated carbocycles. The molecule has 1 N–H and O–H groups in total. The summed E-state index contributed by atoms with van der Waals surface area (Å²) in [5.41, 5.74) is 0.265. The highest BCUT2D eigenvalue weighted by atomic mass is 16.5. The van der Waals surface area contributed by atoms with Gasteiger partial charge in [-0.05, 0) is 51.9 Å². The van der Waals surface area contributed by atoms with Crippen molar-refractivity contribution in [3.63, 3.8) is 0 Å². The molecule has 1 fully saturated rings. The van der Waals surface area contributed by atoms with E-state index in [2.05, 4.69) is 37.2 Å². The van der Waals surface area contributed by atoms with Crippen LogP contribution in [0.3, 0.4) is 0 Å². The smallest absolute Gasteiger partial charge is 0.111 e. The molecular weight excluding hydrogens is 236 g/mol. The van der Waals surface area contributed by atoms with Crippen molar-refractivity contribution in [2.45, 2.75) is 64.0 Å². The fraction of sp³-hybridized carbons (Fsp3) is 0.875. The largest absolute Gasteiger partial charge is 0.497 e. The van der Waals surface area contributed by atoms with E-state index in [-0.39, 0.29) is 5.54 Å². The Bertz CT molecular complexity index is 304. The summed E-state index contributed by atoms with van der Waals surface area (Å²) in [6.07, 6.45) is 9.93. The third-order valence-corrected chi connectivity index (χ3v) is 4.94. The molecule has 1 heterocycles. The van der Waals surface area contributed by atoms with E-state index in [0.29, 0.717) is 6.04 Å². The lowest BCUT2D eigenvalue weighted by molar-refractivity contribution is 0.0459. The van der Waals surface area contributed by atoms with E-state index in [4.69, 9.17) is 4.74 Å². The molecule has 0 saturated heterocycles. The lowest BCUT2D eigenvalue weighted by Gasteiger charge is -2.47. The minimum Gasteiger partial charge on any atom is -0.497 e. The SMILES string of the molecule is CCN(CC)C1(C(NC)C2=CCCCO2)CCCC1. The van der Waals surface area contributed by atoms with Crippen molar-refractivity contribution in [1.82, 2.24) is 10.2 Å². The van der Waals surface area contributed by atoms with Crippen LogP contribution in [0.25, 0.3) is 0 Å². The molecule has 19 heavy (non-hydrogen) atoms. The Hall–Kier alpha value is -0.540. The van der Waals surface area contributed by atoms with E-state index < -0.39 is 0 Å². The molecule has 2 aliphatic rings. The van der Waals surface area contributed by atoms with E-state index in [9.17, 15) is 0 Å². The first kappa shape index (κ1) is 14.9. The van der Waals surface area contributed by atoms with Crippen LogP contribution in [-0.2, 0) is 4.74 Å². The molecule has 0 aromatic carbocycles. The summed E-state index contributed by atoms with van der Waals surface area (Å²) in [6.45, 7) is 7.71. The van der Waals surface area contributed by atoms with Crippen LogP contribution < -0.4 is 5.32 Å². The monoisotopic (exact) mass is 266 g/mol. The topological polar surface area (TPSA) is 24.5 Å². The molecule has 0 aromatic heterocycles. The summed E-state index contributed by atoms with van der Waals surface area (Å²) in [5.74, 6) is 1.20. The van der Waals surface area contributed by atoms with Gasteiger partial charge in [0, 0.05) is 5.54 Å². The summed E-state index contributed by atoms with van der Waals surface area (Å²) < 4.78 is 5.98. The summed E-state index contributed by atoms with van der Waals surface area (Å²) in [4.78, 5) is 2.65. The Morgan fingerprint density at radius 1 is 1.26 bits per heavy atom. The fourth-order valence-corrected chi connectivity index (χ4v) is 4.08. The molecule has 0 aromatic rings. The molecule has 3 heteroatoms. The molecule has 0 radical (unpaired) electrons. The predicted molar refractivity (Wildman–Crippen MR) is 80.2 cm³/mol. The van der Waals surface area contributed by atoms with Crippen LogP contribution in [0.15, 0.2) is 11.8 Å². The van der Waals surface area contributed by atoms with Crippen molar-refractivity contribution >= 4 is 0 Å². The van der Waals surface area contributed by atoms with Gasteiger partial charge in [-0.2, -0.15) is 0 Å². The maximum atomic E-state index is 5.98. The van der Waals surface area contributed by atoms with E-state index in [1.165, 1.54) is 37.9 Å². The number of nitrogens with one attached hydrogen (secondary N) is 1. The first-order valence-electron chi connectivity index (χ1n) is 8.03. The Balaban J connectivity index is 2.27. The van der Waals surface area contributed by atoms with Crippen LogP contribution >= 0.6 is 0 Å². The minimum atomic E-state index is 0.265. The number of allylic oxidation sites excluding steroid dienone is 1. The zero-order chi connectivity index (χ0) is 13.7. The van der Waals surface area contributed by atoms with E-state index in [1.54, 1.807) is 0 Å². The first-order chi connectivity index (χ1) is 9.28. The van der Waals surface area contributed by atoms with Crippen molar-refractivity contribution in [1.29, 1.82) is 0 Å². The molecule has 1 unspecified atom stereocenters. The number of nitrogens with zero attached hydrogens (tertiary/aromatic N) is 1. The van der Waals surface area contributed by atoms with Gasteiger partial charge in [0.15, 0.2) is 0 Å². The van der Waals surface area contributed by atoms with Gasteiger partial charge in [0.2, 0.25) is 0 Å². The summed E-state index contributed by atoms with van der Waals surface area (Å²) in [7, 11) is 2.09. The van der Waals surface area contributed by atoms with Crippen LogP contribution in [-0.4, -0.2) is 43.2 Å². The molecule has 1 atom stereocenters. The lowest BCUT2D eigenvalue weighted by atomic mass is 9.84. The Kier molecular flexibility index (Phi) is 5.28. The highest BCUT2D eigenvalue weighted by molar-refractivity contribution is 5.17. The van der Waals surface area contributed by atoms with Crippen LogP contribution in [0.4, 0.5) is 0 Å². The highest BCUT2D eigenvalue weighted by Gasteiger charge is 2.46. The third-order valence-electron chi connectivity index (χ3n) is 4.94. The molecule has 0 bridgehead atoms. The van der Waals surface area contributed by atoms with Gasteiger partial charge in [-0.25, -0.2) is 0 Å². The Morgan fingerprint density at radius 2 is 1.95 bits per heavy atom. The number of hydrogen-bond acceptors (Lipinski definition) is 3. The van der Waals surface area contributed by atoms with E-state index in [0.717, 1.165) is 26.1 Å². The van der Waals surface area contributed by atoms with Crippen molar-refractivity contribution < 1.29 is 4.74 Å².